The van der Waals surface area contributed by atoms with Gasteiger partial charge in [-0.05, 0) is 44.9 Å². The van der Waals surface area contributed by atoms with Crippen LogP contribution in [0.25, 0.3) is 0 Å². The SMILES string of the molecule is COC1=C(C)C(=S=O)C(c2cc(=Nc3c(C)cc(C)cc3C)n(C)c(=O)n2C)C=C1. The van der Waals surface area contributed by atoms with Crippen LogP contribution in [-0.2, 0) is 30.1 Å². The van der Waals surface area contributed by atoms with Crippen molar-refractivity contribution in [3.05, 3.63) is 80.0 Å². The van der Waals surface area contributed by atoms with Crippen LogP contribution in [0, 0.1) is 20.8 Å². The Morgan fingerprint density at radius 1 is 1.03 bits per heavy atom. The first-order chi connectivity index (χ1) is 14.2. The molecule has 1 aliphatic carbocycles. The molecule has 30 heavy (non-hydrogen) atoms. The number of aryl methyl sites for hydroxylation is 3. The van der Waals surface area contributed by atoms with Gasteiger partial charge in [0.15, 0.2) is 0 Å². The van der Waals surface area contributed by atoms with E-state index in [1.165, 1.54) is 10.1 Å². The summed E-state index contributed by atoms with van der Waals surface area (Å²) in [5.74, 6) is 0.325. The summed E-state index contributed by atoms with van der Waals surface area (Å²) in [6.45, 7) is 7.95. The van der Waals surface area contributed by atoms with Crippen LogP contribution in [-0.4, -0.2) is 25.3 Å². The van der Waals surface area contributed by atoms with Gasteiger partial charge in [0.2, 0.25) is 0 Å². The topological polar surface area (TPSA) is 65.6 Å². The van der Waals surface area contributed by atoms with Crippen molar-refractivity contribution in [2.75, 3.05) is 7.11 Å². The molecule has 0 saturated carbocycles. The van der Waals surface area contributed by atoms with E-state index >= 15 is 0 Å². The summed E-state index contributed by atoms with van der Waals surface area (Å²) in [6, 6.07) is 6.05. The molecule has 0 radical (unpaired) electrons. The summed E-state index contributed by atoms with van der Waals surface area (Å²) in [4.78, 5) is 18.4. The Balaban J connectivity index is 2.28. The largest absolute Gasteiger partial charge is 0.496 e. The van der Waals surface area contributed by atoms with Gasteiger partial charge in [0, 0.05) is 31.4 Å². The van der Waals surface area contributed by atoms with Gasteiger partial charge in [-0.2, -0.15) is 0 Å². The molecule has 0 spiro atoms. The Bertz CT molecular complexity index is 1250. The van der Waals surface area contributed by atoms with E-state index in [-0.39, 0.29) is 11.6 Å². The van der Waals surface area contributed by atoms with E-state index < -0.39 is 0 Å². The minimum Gasteiger partial charge on any atom is -0.496 e. The molecule has 7 heteroatoms. The van der Waals surface area contributed by atoms with E-state index in [4.69, 9.17) is 9.73 Å². The molecule has 1 atom stereocenters. The highest BCUT2D eigenvalue weighted by atomic mass is 32.1. The summed E-state index contributed by atoms with van der Waals surface area (Å²) in [5, 5.41) is 0. The smallest absolute Gasteiger partial charge is 0.329 e. The molecule has 0 bridgehead atoms. The fourth-order valence-corrected chi connectivity index (χ4v) is 4.48. The highest BCUT2D eigenvalue weighted by molar-refractivity contribution is 7.67. The van der Waals surface area contributed by atoms with Crippen molar-refractivity contribution in [2.24, 2.45) is 19.1 Å². The Labute approximate surface area is 179 Å². The van der Waals surface area contributed by atoms with Gasteiger partial charge in [0.1, 0.15) is 11.2 Å². The van der Waals surface area contributed by atoms with Gasteiger partial charge in [-0.1, -0.05) is 23.8 Å². The number of benzene rings is 1. The number of methoxy groups -OCH3 is 1. The maximum Gasteiger partial charge on any atom is 0.329 e. The average molecular weight is 426 g/mol. The third kappa shape index (κ3) is 3.77. The van der Waals surface area contributed by atoms with Crippen LogP contribution in [0.2, 0.25) is 0 Å². The minimum atomic E-state index is -0.334. The third-order valence-electron chi connectivity index (χ3n) is 5.53. The van der Waals surface area contributed by atoms with E-state index in [1.54, 1.807) is 25.8 Å². The number of hydrogen-bond donors (Lipinski definition) is 0. The molecule has 1 unspecified atom stereocenters. The van der Waals surface area contributed by atoms with Crippen LogP contribution < -0.4 is 11.2 Å². The lowest BCUT2D eigenvalue weighted by molar-refractivity contribution is 0.303. The van der Waals surface area contributed by atoms with Crippen LogP contribution in [0.4, 0.5) is 5.69 Å². The Morgan fingerprint density at radius 2 is 1.67 bits per heavy atom. The molecule has 0 amide bonds. The predicted octanol–water partition coefficient (Wildman–Crippen LogP) is 2.84. The average Bonchev–Trinajstić information content (AvgIpc) is 2.70. The second kappa shape index (κ2) is 8.44. The van der Waals surface area contributed by atoms with E-state index in [0.717, 1.165) is 22.4 Å². The van der Waals surface area contributed by atoms with Crippen molar-refractivity contribution in [1.29, 1.82) is 0 Å². The molecule has 1 aliphatic rings. The number of allylic oxidation sites excluding steroid dienone is 3. The molecule has 0 aliphatic heterocycles. The van der Waals surface area contributed by atoms with Gasteiger partial charge in [-0.15, -0.1) is 0 Å². The van der Waals surface area contributed by atoms with Gasteiger partial charge >= 0.3 is 5.69 Å². The number of aromatic nitrogens is 2. The molecule has 2 aromatic rings. The lowest BCUT2D eigenvalue weighted by atomic mass is 9.90. The fraction of sp³-hybridized carbons (Fsp3) is 0.348. The second-order valence-electron chi connectivity index (χ2n) is 7.66. The van der Waals surface area contributed by atoms with E-state index in [9.17, 15) is 9.00 Å². The standard InChI is InChI=1S/C23H27N3O3S/c1-13-10-14(2)21(15(3)11-13)24-20-12-18(25(5)23(27)26(20)6)17-8-9-19(29-7)16(4)22(17)30-28/h8-12,17H,1-7H3. The zero-order chi connectivity index (χ0) is 22.2. The molecule has 158 valence electrons. The van der Waals surface area contributed by atoms with Crippen LogP contribution in [0.5, 0.6) is 0 Å². The first kappa shape index (κ1) is 21.8. The van der Waals surface area contributed by atoms with Gasteiger partial charge in [0.25, 0.3) is 0 Å². The van der Waals surface area contributed by atoms with Crippen molar-refractivity contribution in [1.82, 2.24) is 9.13 Å². The minimum absolute atomic E-state index is 0.198. The molecule has 0 fully saturated rings. The molecular weight excluding hydrogens is 398 g/mol. The number of rotatable bonds is 3. The van der Waals surface area contributed by atoms with Crippen molar-refractivity contribution in [3.63, 3.8) is 0 Å². The van der Waals surface area contributed by atoms with Gasteiger partial charge in [0.05, 0.1) is 34.8 Å². The highest BCUT2D eigenvalue weighted by Crippen LogP contribution is 2.28. The molecule has 0 N–H and O–H groups in total. The lowest BCUT2D eigenvalue weighted by Crippen LogP contribution is -2.40. The summed E-state index contributed by atoms with van der Waals surface area (Å²) in [7, 11) is 5.01. The fourth-order valence-electron chi connectivity index (χ4n) is 3.95. The normalized spacial score (nSPS) is 17.0. The maximum atomic E-state index is 13.0. The van der Waals surface area contributed by atoms with Gasteiger partial charge < -0.3 is 4.74 Å². The van der Waals surface area contributed by atoms with Crippen LogP contribution in [0.3, 0.4) is 0 Å². The number of nitrogens with zero attached hydrogens (tertiary/aromatic N) is 3. The van der Waals surface area contributed by atoms with E-state index in [0.29, 0.717) is 33.1 Å². The number of hydrogen-bond acceptors (Lipinski definition) is 4. The van der Waals surface area contributed by atoms with Crippen LogP contribution in [0.1, 0.15) is 35.2 Å². The Hall–Kier alpha value is -2.93. The monoisotopic (exact) mass is 425 g/mol. The summed E-state index contributed by atoms with van der Waals surface area (Å²) >= 11 is 0.436. The predicted molar refractivity (Wildman–Crippen MR) is 121 cm³/mol. The molecule has 6 nitrogen and oxygen atoms in total. The third-order valence-corrected chi connectivity index (χ3v) is 6.27. The van der Waals surface area contributed by atoms with Gasteiger partial charge in [-0.25, -0.2) is 14.0 Å². The second-order valence-corrected chi connectivity index (χ2v) is 8.27. The first-order valence-electron chi connectivity index (χ1n) is 9.69. The van der Waals surface area contributed by atoms with Crippen LogP contribution in [0.15, 0.2) is 51.5 Å². The zero-order valence-electron chi connectivity index (χ0n) is 18.4. The molecule has 1 heterocycles. The lowest BCUT2D eigenvalue weighted by Gasteiger charge is -2.23. The van der Waals surface area contributed by atoms with Crippen LogP contribution >= 0.6 is 0 Å². The first-order valence-corrected chi connectivity index (χ1v) is 10.4. The summed E-state index contributed by atoms with van der Waals surface area (Å²) < 4.78 is 20.4. The van der Waals surface area contributed by atoms with E-state index in [2.05, 4.69) is 19.1 Å². The van der Waals surface area contributed by atoms with Gasteiger partial charge in [-0.3, -0.25) is 9.13 Å². The summed E-state index contributed by atoms with van der Waals surface area (Å²) in [6.07, 6.45) is 3.75. The van der Waals surface area contributed by atoms with E-state index in [1.807, 2.05) is 39.0 Å². The zero-order valence-corrected chi connectivity index (χ0v) is 19.3. The molecule has 3 rings (SSSR count). The van der Waals surface area contributed by atoms with Crippen molar-refractivity contribution >= 4 is 21.8 Å². The van der Waals surface area contributed by atoms with Crippen molar-refractivity contribution < 1.29 is 8.95 Å². The Morgan fingerprint density at radius 3 is 2.23 bits per heavy atom. The highest BCUT2D eigenvalue weighted by Gasteiger charge is 2.26. The quantitative estimate of drug-likeness (QED) is 0.711. The molecular formula is C23H27N3O3S. The number of ether oxygens (including phenoxy) is 1. The summed E-state index contributed by atoms with van der Waals surface area (Å²) in [5.41, 5.74) is 5.99. The molecule has 1 aromatic heterocycles. The molecule has 1 aromatic carbocycles. The van der Waals surface area contributed by atoms with Crippen molar-refractivity contribution in [3.8, 4) is 0 Å². The maximum absolute atomic E-state index is 13.0. The Kier molecular flexibility index (Phi) is 6.12. The van der Waals surface area contributed by atoms with Crippen molar-refractivity contribution in [2.45, 2.75) is 33.6 Å². The molecule has 0 saturated heterocycles.